The van der Waals surface area contributed by atoms with E-state index in [2.05, 4.69) is 31.3 Å². The molecule has 0 aliphatic heterocycles. The number of hydrogen-bond donors (Lipinski definition) is 3. The fraction of sp³-hybridized carbons (Fsp3) is 0.900. The van der Waals surface area contributed by atoms with Crippen LogP contribution in [0.15, 0.2) is 24.3 Å². The molecule has 2 atom stereocenters. The molecular weight excluding hydrogens is 815 g/mol. The van der Waals surface area contributed by atoms with Gasteiger partial charge in [-0.2, -0.15) is 0 Å². The number of nitrogens with one attached hydrogen (secondary N) is 1. The Morgan fingerprint density at radius 2 is 0.712 bits per heavy atom. The van der Waals surface area contributed by atoms with Crippen LogP contribution in [0, 0.1) is 0 Å². The Bertz CT molecular complexity index is 1030. The van der Waals surface area contributed by atoms with Crippen LogP contribution in [0.1, 0.15) is 322 Å². The predicted octanol–water partition coefficient (Wildman–Crippen LogP) is 18.2. The van der Waals surface area contributed by atoms with Crippen LogP contribution in [0.2, 0.25) is 0 Å². The highest BCUT2D eigenvalue weighted by Gasteiger charge is 2.18. The first kappa shape index (κ1) is 64.3. The summed E-state index contributed by atoms with van der Waals surface area (Å²) in [6.45, 7) is 4.91. The Morgan fingerprint density at radius 1 is 0.409 bits per heavy atom. The second-order valence-corrected chi connectivity index (χ2v) is 20.3. The maximum atomic E-state index is 12.4. The molecule has 0 rings (SSSR count). The van der Waals surface area contributed by atoms with Crippen LogP contribution < -0.4 is 5.32 Å². The van der Waals surface area contributed by atoms with Crippen molar-refractivity contribution in [3.8, 4) is 0 Å². The summed E-state index contributed by atoms with van der Waals surface area (Å²) >= 11 is 0. The molecule has 6 nitrogen and oxygen atoms in total. The minimum absolute atomic E-state index is 0.00855. The van der Waals surface area contributed by atoms with Gasteiger partial charge in [0.25, 0.3) is 0 Å². The summed E-state index contributed by atoms with van der Waals surface area (Å²) in [5.74, 6) is -0.0672. The first-order valence-electron chi connectivity index (χ1n) is 29.6. The molecule has 2 unspecified atom stereocenters. The van der Waals surface area contributed by atoms with Gasteiger partial charge in [0.05, 0.1) is 25.4 Å². The van der Waals surface area contributed by atoms with E-state index in [4.69, 9.17) is 4.74 Å². The smallest absolute Gasteiger partial charge is 0.305 e. The minimum Gasteiger partial charge on any atom is -0.466 e. The summed E-state index contributed by atoms with van der Waals surface area (Å²) in [5, 5.41) is 23.1. The molecule has 3 N–H and O–H groups in total. The molecular formula is C60H115NO5. The van der Waals surface area contributed by atoms with Crippen molar-refractivity contribution in [3.05, 3.63) is 24.3 Å². The Labute approximate surface area is 411 Å². The van der Waals surface area contributed by atoms with Crippen molar-refractivity contribution in [1.29, 1.82) is 0 Å². The molecule has 1 amide bonds. The molecule has 0 radical (unpaired) electrons. The van der Waals surface area contributed by atoms with Crippen molar-refractivity contribution in [1.82, 2.24) is 5.32 Å². The van der Waals surface area contributed by atoms with Crippen molar-refractivity contribution in [2.24, 2.45) is 0 Å². The lowest BCUT2D eigenvalue weighted by atomic mass is 10.0. The van der Waals surface area contributed by atoms with Gasteiger partial charge in [-0.1, -0.05) is 276 Å². The highest BCUT2D eigenvalue weighted by molar-refractivity contribution is 5.76. The van der Waals surface area contributed by atoms with Crippen molar-refractivity contribution >= 4 is 11.9 Å². The SMILES string of the molecule is CCCCCCCCCCCCCC/C=C/C(O)C(CO)NC(=O)CCCCCCCCC/C=C\CCCCCCCCCCCOC(=O)CCCCCCCCCCCCCCCCC. The highest BCUT2D eigenvalue weighted by atomic mass is 16.5. The summed E-state index contributed by atoms with van der Waals surface area (Å²) in [6, 6.07) is -0.633. The summed E-state index contributed by atoms with van der Waals surface area (Å²) < 4.78 is 5.48. The van der Waals surface area contributed by atoms with Crippen LogP contribution in [0.25, 0.3) is 0 Å². The van der Waals surface area contributed by atoms with E-state index in [1.54, 1.807) is 6.08 Å². The Hall–Kier alpha value is -1.66. The molecule has 0 heterocycles. The largest absolute Gasteiger partial charge is 0.466 e. The van der Waals surface area contributed by atoms with E-state index in [1.807, 2.05) is 6.08 Å². The van der Waals surface area contributed by atoms with E-state index in [0.29, 0.717) is 19.4 Å². The molecule has 390 valence electrons. The highest BCUT2D eigenvalue weighted by Crippen LogP contribution is 2.17. The third-order valence-electron chi connectivity index (χ3n) is 13.7. The molecule has 0 saturated heterocycles. The molecule has 0 aromatic carbocycles. The van der Waals surface area contributed by atoms with E-state index in [1.165, 1.54) is 250 Å². The van der Waals surface area contributed by atoms with Crippen molar-refractivity contribution in [3.63, 3.8) is 0 Å². The molecule has 0 fully saturated rings. The maximum absolute atomic E-state index is 12.4. The Balaban J connectivity index is 3.44. The van der Waals surface area contributed by atoms with Crippen molar-refractivity contribution in [2.75, 3.05) is 13.2 Å². The lowest BCUT2D eigenvalue weighted by Crippen LogP contribution is -2.45. The fourth-order valence-corrected chi connectivity index (χ4v) is 9.16. The van der Waals surface area contributed by atoms with Gasteiger partial charge in [0.1, 0.15) is 0 Å². The van der Waals surface area contributed by atoms with Crippen LogP contribution >= 0.6 is 0 Å². The van der Waals surface area contributed by atoms with E-state index < -0.39 is 12.1 Å². The first-order valence-corrected chi connectivity index (χ1v) is 29.6. The molecule has 0 spiro atoms. The number of amides is 1. The molecule has 0 aliphatic rings. The second kappa shape index (κ2) is 55.9. The summed E-state index contributed by atoms with van der Waals surface area (Å²) in [5.41, 5.74) is 0. The Kier molecular flexibility index (Phi) is 54.5. The van der Waals surface area contributed by atoms with E-state index >= 15 is 0 Å². The van der Waals surface area contributed by atoms with Crippen molar-refractivity contribution in [2.45, 2.75) is 334 Å². The zero-order valence-electron chi connectivity index (χ0n) is 44.4. The summed E-state index contributed by atoms with van der Waals surface area (Å²) in [4.78, 5) is 24.5. The number of hydrogen-bond acceptors (Lipinski definition) is 5. The van der Waals surface area contributed by atoms with E-state index in [9.17, 15) is 19.8 Å². The van der Waals surface area contributed by atoms with Gasteiger partial charge in [0.2, 0.25) is 5.91 Å². The van der Waals surface area contributed by atoms with Crippen LogP contribution in [0.3, 0.4) is 0 Å². The van der Waals surface area contributed by atoms with Gasteiger partial charge in [-0.25, -0.2) is 0 Å². The summed E-state index contributed by atoms with van der Waals surface area (Å²) in [6.07, 6.45) is 67.7. The lowest BCUT2D eigenvalue weighted by Gasteiger charge is -2.20. The van der Waals surface area contributed by atoms with Crippen LogP contribution in [-0.2, 0) is 14.3 Å². The molecule has 0 aliphatic carbocycles. The number of carbonyl (C=O) groups is 2. The number of carbonyl (C=O) groups excluding carboxylic acids is 2. The number of esters is 1. The number of unbranched alkanes of at least 4 members (excludes halogenated alkanes) is 42. The van der Waals surface area contributed by atoms with Crippen molar-refractivity contribution < 1.29 is 24.5 Å². The average Bonchev–Trinajstić information content (AvgIpc) is 3.32. The molecule has 0 aromatic rings. The average molecular weight is 931 g/mol. The topological polar surface area (TPSA) is 95.9 Å². The van der Waals surface area contributed by atoms with Gasteiger partial charge in [0, 0.05) is 12.8 Å². The molecule has 0 aromatic heterocycles. The molecule has 6 heteroatoms. The van der Waals surface area contributed by atoms with Gasteiger partial charge < -0.3 is 20.3 Å². The first-order chi connectivity index (χ1) is 32.5. The zero-order valence-corrected chi connectivity index (χ0v) is 44.4. The van der Waals surface area contributed by atoms with Gasteiger partial charge in [0.15, 0.2) is 0 Å². The Morgan fingerprint density at radius 3 is 1.08 bits per heavy atom. The van der Waals surface area contributed by atoms with Gasteiger partial charge in [-0.3, -0.25) is 9.59 Å². The second-order valence-electron chi connectivity index (χ2n) is 20.3. The number of aliphatic hydroxyl groups is 2. The normalized spacial score (nSPS) is 12.7. The standard InChI is InChI=1S/C60H115NO5/c1-3-5-7-9-11-13-15-17-25-30-34-38-42-46-50-54-60(65)66-55-51-47-43-39-35-31-27-24-22-20-19-21-23-26-29-33-37-41-45-49-53-59(64)61-57(56-62)58(63)52-48-44-40-36-32-28-18-16-14-12-10-8-6-4-2/h19,21,48,52,57-58,62-63H,3-18,20,22-47,49-51,53-56H2,1-2H3,(H,61,64)/b21-19-,52-48+. The van der Waals surface area contributed by atoms with Crippen LogP contribution in [-0.4, -0.2) is 47.4 Å². The number of rotatable bonds is 55. The van der Waals surface area contributed by atoms with E-state index in [-0.39, 0.29) is 18.5 Å². The fourth-order valence-electron chi connectivity index (χ4n) is 9.16. The monoisotopic (exact) mass is 930 g/mol. The summed E-state index contributed by atoms with van der Waals surface area (Å²) in [7, 11) is 0. The van der Waals surface area contributed by atoms with Gasteiger partial charge in [-0.05, 0) is 57.8 Å². The van der Waals surface area contributed by atoms with Gasteiger partial charge in [-0.15, -0.1) is 0 Å². The maximum Gasteiger partial charge on any atom is 0.305 e. The van der Waals surface area contributed by atoms with Gasteiger partial charge >= 0.3 is 5.97 Å². The van der Waals surface area contributed by atoms with Crippen LogP contribution in [0.5, 0.6) is 0 Å². The molecule has 0 saturated carbocycles. The predicted molar refractivity (Wildman–Crippen MR) is 287 cm³/mol. The quantitative estimate of drug-likeness (QED) is 0.0321. The molecule has 66 heavy (non-hydrogen) atoms. The molecule has 0 bridgehead atoms. The van der Waals surface area contributed by atoms with E-state index in [0.717, 1.165) is 44.9 Å². The zero-order chi connectivity index (χ0) is 47.9. The third-order valence-corrected chi connectivity index (χ3v) is 13.7. The minimum atomic E-state index is -0.849. The number of aliphatic hydroxyl groups excluding tert-OH is 2. The number of allylic oxidation sites excluding steroid dienone is 3. The lowest BCUT2D eigenvalue weighted by molar-refractivity contribution is -0.143. The number of ether oxygens (including phenoxy) is 1. The third kappa shape index (κ3) is 51.7. The van der Waals surface area contributed by atoms with Crippen LogP contribution in [0.4, 0.5) is 0 Å².